The summed E-state index contributed by atoms with van der Waals surface area (Å²) in [6.07, 6.45) is 0. The molecule has 0 spiro atoms. The van der Waals surface area contributed by atoms with Crippen molar-refractivity contribution in [2.75, 3.05) is 0 Å². The molecule has 0 aliphatic heterocycles. The summed E-state index contributed by atoms with van der Waals surface area (Å²) in [7, 11) is -3.95. The summed E-state index contributed by atoms with van der Waals surface area (Å²) in [4.78, 5) is 0. The highest BCUT2D eigenvalue weighted by atomic mass is 79.9. The van der Waals surface area contributed by atoms with Gasteiger partial charge >= 0.3 is 7.60 Å². The van der Waals surface area contributed by atoms with Crippen molar-refractivity contribution in [2.24, 2.45) is 0 Å². The molecule has 0 amide bonds. The molecule has 0 saturated carbocycles. The normalized spacial score (nSPS) is 11.5. The largest absolute Gasteiger partial charge is 0.464 e. The molecule has 3 aromatic carbocycles. The Kier molecular flexibility index (Phi) is 9.94. The van der Waals surface area contributed by atoms with Gasteiger partial charge in [-0.25, -0.2) is 4.57 Å². The molecule has 0 atom stereocenters. The number of hydrogen-bond donors (Lipinski definition) is 0. The first-order valence-corrected chi connectivity index (χ1v) is 16.5. The molecule has 0 fully saturated rings. The molecular formula is C18H6Br9O3P. The zero-order valence-corrected chi connectivity index (χ0v) is 29.7. The Morgan fingerprint density at radius 1 is 0.484 bits per heavy atom. The van der Waals surface area contributed by atoms with Crippen molar-refractivity contribution in [3.8, 4) is 11.5 Å². The smallest absolute Gasteiger partial charge is 0.412 e. The van der Waals surface area contributed by atoms with Crippen LogP contribution in [0.1, 0.15) is 0 Å². The van der Waals surface area contributed by atoms with E-state index < -0.39 is 7.60 Å². The van der Waals surface area contributed by atoms with Crippen LogP contribution in [0.2, 0.25) is 0 Å². The minimum Gasteiger partial charge on any atom is -0.412 e. The summed E-state index contributed by atoms with van der Waals surface area (Å²) < 4.78 is 32.8. The van der Waals surface area contributed by atoms with E-state index in [4.69, 9.17) is 9.05 Å². The molecule has 0 unspecified atom stereocenters. The van der Waals surface area contributed by atoms with Gasteiger partial charge in [0.25, 0.3) is 0 Å². The van der Waals surface area contributed by atoms with Gasteiger partial charge in [0.1, 0.15) is 16.8 Å². The summed E-state index contributed by atoms with van der Waals surface area (Å²) in [6, 6.07) is 10.4. The monoisotopic (exact) mass is 1010 g/mol. The van der Waals surface area contributed by atoms with Gasteiger partial charge in [-0.15, -0.1) is 0 Å². The third-order valence-electron chi connectivity index (χ3n) is 3.75. The van der Waals surface area contributed by atoms with Crippen LogP contribution in [0.4, 0.5) is 0 Å². The zero-order valence-electron chi connectivity index (χ0n) is 14.5. The van der Waals surface area contributed by atoms with Crippen LogP contribution in [0, 0.1) is 0 Å². The van der Waals surface area contributed by atoms with Gasteiger partial charge in [0.2, 0.25) is 0 Å². The van der Waals surface area contributed by atoms with E-state index in [9.17, 15) is 4.57 Å². The summed E-state index contributed by atoms with van der Waals surface area (Å²) in [5.74, 6) is 0.688. The molecule has 3 nitrogen and oxygen atoms in total. The second kappa shape index (κ2) is 11.2. The van der Waals surface area contributed by atoms with Crippen molar-refractivity contribution in [1.82, 2.24) is 0 Å². The molecule has 0 radical (unpaired) electrons. The second-order valence-corrected chi connectivity index (χ2v) is 14.9. The predicted octanol–water partition coefficient (Wildman–Crippen LogP) is 11.5. The van der Waals surface area contributed by atoms with Crippen LogP contribution in [0.15, 0.2) is 76.7 Å². The molecule has 0 aliphatic carbocycles. The van der Waals surface area contributed by atoms with Gasteiger partial charge in [-0.05, 0) is 180 Å². The van der Waals surface area contributed by atoms with Crippen LogP contribution in [0.25, 0.3) is 0 Å². The highest BCUT2D eigenvalue weighted by Gasteiger charge is 2.36. The van der Waals surface area contributed by atoms with Gasteiger partial charge in [-0.3, -0.25) is 0 Å². The third kappa shape index (κ3) is 5.97. The predicted molar refractivity (Wildman–Crippen MR) is 157 cm³/mol. The molecular weight excluding hydrogens is 1010 g/mol. The van der Waals surface area contributed by atoms with E-state index >= 15 is 0 Å². The van der Waals surface area contributed by atoms with Crippen LogP contribution >= 0.6 is 151 Å². The molecule has 0 bridgehead atoms. The fourth-order valence-corrected chi connectivity index (χ4v) is 8.97. The van der Waals surface area contributed by atoms with Crippen molar-refractivity contribution >= 4 is 156 Å². The van der Waals surface area contributed by atoms with E-state index in [1.165, 1.54) is 0 Å². The van der Waals surface area contributed by atoms with Crippen molar-refractivity contribution < 1.29 is 13.6 Å². The van der Waals surface area contributed by atoms with Crippen LogP contribution in [-0.2, 0) is 4.57 Å². The summed E-state index contributed by atoms with van der Waals surface area (Å²) in [5, 5.41) is 0.347. The summed E-state index contributed by atoms with van der Waals surface area (Å²) in [5.41, 5.74) is 0. The zero-order chi connectivity index (χ0) is 23.1. The van der Waals surface area contributed by atoms with Crippen LogP contribution in [0.5, 0.6) is 11.5 Å². The van der Waals surface area contributed by atoms with E-state index in [0.29, 0.717) is 34.7 Å². The maximum absolute atomic E-state index is 14.3. The van der Waals surface area contributed by atoms with E-state index in [-0.39, 0.29) is 0 Å². The number of benzene rings is 3. The quantitative estimate of drug-likeness (QED) is 0.189. The van der Waals surface area contributed by atoms with Crippen molar-refractivity contribution in [2.45, 2.75) is 0 Å². The Morgan fingerprint density at radius 2 is 0.839 bits per heavy atom. The molecule has 0 N–H and O–H groups in total. The van der Waals surface area contributed by atoms with Crippen molar-refractivity contribution in [1.29, 1.82) is 0 Å². The lowest BCUT2D eigenvalue weighted by Crippen LogP contribution is -2.17. The van der Waals surface area contributed by atoms with Gasteiger partial charge in [0.05, 0.1) is 13.4 Å². The summed E-state index contributed by atoms with van der Waals surface area (Å²) >= 11 is 31.3. The second-order valence-electron chi connectivity index (χ2n) is 5.72. The Bertz CT molecular complexity index is 1170. The van der Waals surface area contributed by atoms with E-state index in [1.807, 2.05) is 0 Å². The fraction of sp³-hybridized carbons (Fsp3) is 0. The Morgan fingerprint density at radius 3 is 1.26 bits per heavy atom. The molecule has 3 aromatic rings. The maximum Gasteiger partial charge on any atom is 0.464 e. The molecule has 164 valence electrons. The highest BCUT2D eigenvalue weighted by molar-refractivity contribution is 9.15. The standard InChI is InChI=1S/C18H6Br9O3P/c19-7-1-4-10(16(25)13(7)22)29-31(28,12-6-3-9(21)15(24)18(12)27)30-11-5-2-8(20)14(23)17(11)26/h1-6H. The lowest BCUT2D eigenvalue weighted by molar-refractivity contribution is 0.397. The van der Waals surface area contributed by atoms with Crippen LogP contribution in [-0.4, -0.2) is 0 Å². The van der Waals surface area contributed by atoms with Gasteiger partial charge in [0, 0.05) is 26.8 Å². The number of rotatable bonds is 5. The molecule has 0 saturated heterocycles. The molecule has 13 heteroatoms. The van der Waals surface area contributed by atoms with Crippen molar-refractivity contribution in [3.05, 3.63) is 76.7 Å². The van der Waals surface area contributed by atoms with Gasteiger partial charge in [0.15, 0.2) is 0 Å². The lowest BCUT2D eigenvalue weighted by atomic mass is 10.3. The van der Waals surface area contributed by atoms with Gasteiger partial charge in [-0.1, -0.05) is 0 Å². The Balaban J connectivity index is 2.20. The number of halogens is 9. The Labute approximate surface area is 254 Å². The SMILES string of the molecule is O=P(Oc1ccc(Br)c(Br)c1Br)(Oc1ccc(Br)c(Br)c1Br)c1ccc(Br)c(Br)c1Br. The fourth-order valence-electron chi connectivity index (χ4n) is 2.26. The average Bonchev–Trinajstić information content (AvgIpc) is 2.73. The van der Waals surface area contributed by atoms with Gasteiger partial charge in [-0.2, -0.15) is 0 Å². The van der Waals surface area contributed by atoms with E-state index in [2.05, 4.69) is 143 Å². The topological polar surface area (TPSA) is 35.5 Å². The summed E-state index contributed by atoms with van der Waals surface area (Å²) in [6.45, 7) is 0. The molecule has 31 heavy (non-hydrogen) atoms. The number of hydrogen-bond acceptors (Lipinski definition) is 3. The Hall–Kier alpha value is 1.81. The lowest BCUT2D eigenvalue weighted by Gasteiger charge is -2.23. The first-order valence-electron chi connectivity index (χ1n) is 7.86. The molecule has 0 heterocycles. The third-order valence-corrected chi connectivity index (χ3v) is 15.9. The van der Waals surface area contributed by atoms with E-state index in [0.717, 1.165) is 22.4 Å². The molecule has 0 aliphatic rings. The minimum absolute atomic E-state index is 0.344. The first kappa shape index (κ1) is 27.4. The maximum atomic E-state index is 14.3. The molecule has 3 rings (SSSR count). The van der Waals surface area contributed by atoms with Crippen molar-refractivity contribution in [3.63, 3.8) is 0 Å². The highest BCUT2D eigenvalue weighted by Crippen LogP contribution is 2.55. The first-order chi connectivity index (χ1) is 14.5. The molecule has 0 aromatic heterocycles. The average molecular weight is 1020 g/mol. The van der Waals surface area contributed by atoms with Gasteiger partial charge < -0.3 is 9.05 Å². The van der Waals surface area contributed by atoms with E-state index in [1.54, 1.807) is 36.4 Å². The minimum atomic E-state index is -3.95. The van der Waals surface area contributed by atoms with Crippen LogP contribution in [0.3, 0.4) is 0 Å². The van der Waals surface area contributed by atoms with Crippen LogP contribution < -0.4 is 14.4 Å².